The van der Waals surface area contributed by atoms with Crippen molar-refractivity contribution in [2.45, 2.75) is 50.7 Å². The number of hydrogen-bond acceptors (Lipinski definition) is 6. The van der Waals surface area contributed by atoms with E-state index >= 15 is 0 Å². The summed E-state index contributed by atoms with van der Waals surface area (Å²) in [5.74, 6) is -1.03. The number of sulfonamides is 1. The molecule has 1 N–H and O–H groups in total. The van der Waals surface area contributed by atoms with Crippen molar-refractivity contribution in [2.24, 2.45) is 0 Å². The molecule has 0 spiro atoms. The van der Waals surface area contributed by atoms with Gasteiger partial charge in [-0.25, -0.2) is 8.42 Å². The Hall–Kier alpha value is -5.03. The number of nitro benzene ring substituents is 1. The first kappa shape index (κ1) is 32.9. The van der Waals surface area contributed by atoms with E-state index in [-0.39, 0.29) is 41.2 Å². The molecule has 4 aromatic rings. The number of aryl methyl sites for hydroxylation is 1. The van der Waals surface area contributed by atoms with E-state index in [0.717, 1.165) is 27.1 Å². The molecular weight excluding hydrogens is 592 g/mol. The summed E-state index contributed by atoms with van der Waals surface area (Å²) in [5.41, 5.74) is 2.11. The van der Waals surface area contributed by atoms with Crippen LogP contribution in [0.1, 0.15) is 30.5 Å². The first-order valence-electron chi connectivity index (χ1n) is 14.5. The summed E-state index contributed by atoms with van der Waals surface area (Å²) in [6.45, 7) is 4.86. The van der Waals surface area contributed by atoms with Gasteiger partial charge in [0.15, 0.2) is 0 Å². The highest BCUT2D eigenvalue weighted by molar-refractivity contribution is 7.92. The quantitative estimate of drug-likeness (QED) is 0.159. The zero-order valence-electron chi connectivity index (χ0n) is 25.4. The third-order valence-corrected chi connectivity index (χ3v) is 9.03. The predicted molar refractivity (Wildman–Crippen MR) is 173 cm³/mol. The molecule has 2 amide bonds. The van der Waals surface area contributed by atoms with Crippen molar-refractivity contribution in [3.8, 4) is 0 Å². The van der Waals surface area contributed by atoms with Crippen LogP contribution < -0.4 is 9.62 Å². The van der Waals surface area contributed by atoms with E-state index in [1.54, 1.807) is 18.2 Å². The Morgan fingerprint density at radius 1 is 0.867 bits per heavy atom. The van der Waals surface area contributed by atoms with E-state index < -0.39 is 33.4 Å². The molecule has 0 radical (unpaired) electrons. The Morgan fingerprint density at radius 2 is 1.49 bits per heavy atom. The molecule has 4 rings (SSSR count). The summed E-state index contributed by atoms with van der Waals surface area (Å²) in [7, 11) is -4.37. The maximum absolute atomic E-state index is 14.5. The van der Waals surface area contributed by atoms with Crippen molar-refractivity contribution in [3.05, 3.63) is 136 Å². The highest BCUT2D eigenvalue weighted by Gasteiger charge is 2.35. The Balaban J connectivity index is 1.84. The van der Waals surface area contributed by atoms with Crippen molar-refractivity contribution in [2.75, 3.05) is 10.8 Å². The van der Waals surface area contributed by atoms with Gasteiger partial charge in [0.1, 0.15) is 12.6 Å². The predicted octanol–water partition coefficient (Wildman–Crippen LogP) is 5.26. The van der Waals surface area contributed by atoms with Crippen LogP contribution in [-0.2, 0) is 32.6 Å². The molecule has 0 aliphatic heterocycles. The average Bonchev–Trinajstić information content (AvgIpc) is 3.02. The van der Waals surface area contributed by atoms with Crippen LogP contribution in [0.4, 0.5) is 11.4 Å². The molecule has 0 aliphatic carbocycles. The lowest BCUT2D eigenvalue weighted by molar-refractivity contribution is -0.384. The van der Waals surface area contributed by atoms with Crippen molar-refractivity contribution in [1.29, 1.82) is 0 Å². The molecule has 0 saturated heterocycles. The van der Waals surface area contributed by atoms with Gasteiger partial charge in [0, 0.05) is 31.1 Å². The van der Waals surface area contributed by atoms with Crippen LogP contribution in [0.5, 0.6) is 0 Å². The number of non-ortho nitro benzene ring substituents is 1. The summed E-state index contributed by atoms with van der Waals surface area (Å²) in [6, 6.07) is 28.2. The molecule has 234 valence electrons. The third kappa shape index (κ3) is 8.33. The summed E-state index contributed by atoms with van der Waals surface area (Å²) < 4.78 is 28.9. The van der Waals surface area contributed by atoms with Crippen molar-refractivity contribution >= 4 is 33.2 Å². The van der Waals surface area contributed by atoms with Gasteiger partial charge in [-0.15, -0.1) is 0 Å². The molecule has 0 heterocycles. The lowest BCUT2D eigenvalue weighted by Crippen LogP contribution is -2.54. The second-order valence-corrected chi connectivity index (χ2v) is 12.8. The van der Waals surface area contributed by atoms with Gasteiger partial charge in [0.05, 0.1) is 15.5 Å². The smallest absolute Gasteiger partial charge is 0.271 e. The lowest BCUT2D eigenvalue weighted by Gasteiger charge is -2.34. The number of amides is 2. The molecule has 1 atom stereocenters. The first-order chi connectivity index (χ1) is 21.5. The number of nitrogens with zero attached hydrogens (tertiary/aromatic N) is 3. The highest BCUT2D eigenvalue weighted by atomic mass is 32.2. The minimum Gasteiger partial charge on any atom is -0.352 e. The zero-order valence-corrected chi connectivity index (χ0v) is 26.2. The number of rotatable bonds is 13. The van der Waals surface area contributed by atoms with Gasteiger partial charge in [-0.3, -0.25) is 24.0 Å². The molecule has 0 fully saturated rings. The Kier molecular flexibility index (Phi) is 10.7. The second-order valence-electron chi connectivity index (χ2n) is 10.9. The van der Waals surface area contributed by atoms with Crippen molar-refractivity contribution in [1.82, 2.24) is 10.2 Å². The SMILES string of the molecule is Cc1ccccc1CN(C(=O)CN(c1cccc([N+](=O)[O-])c1)S(=O)(=O)c1ccccc1)[C@H](Cc1ccccc1)C(=O)NC(C)C. The summed E-state index contributed by atoms with van der Waals surface area (Å²) in [4.78, 5) is 40.5. The number of anilines is 1. The maximum atomic E-state index is 14.5. The maximum Gasteiger partial charge on any atom is 0.271 e. The standard InChI is InChI=1S/C34H36N4O6S/c1-25(2)35-34(40)32(21-27-14-6-4-7-15-27)36(23-28-16-11-10-13-26(28)3)33(39)24-37(29-17-12-18-30(22-29)38(41)42)45(43,44)31-19-8-5-9-20-31/h4-20,22,25,32H,21,23-24H2,1-3H3,(H,35,40)/t32-/m1/s1. The molecule has 4 aromatic carbocycles. The summed E-state index contributed by atoms with van der Waals surface area (Å²) in [5, 5.41) is 14.5. The minimum atomic E-state index is -4.37. The Labute approximate surface area is 263 Å². The van der Waals surface area contributed by atoms with E-state index in [1.165, 1.54) is 35.2 Å². The van der Waals surface area contributed by atoms with Gasteiger partial charge < -0.3 is 10.2 Å². The summed E-state index contributed by atoms with van der Waals surface area (Å²) in [6.07, 6.45) is 0.180. The molecule has 11 heteroatoms. The van der Waals surface area contributed by atoms with Crippen LogP contribution in [-0.4, -0.2) is 48.7 Å². The van der Waals surface area contributed by atoms with Crippen LogP contribution in [0, 0.1) is 17.0 Å². The fraction of sp³-hybridized carbons (Fsp3) is 0.235. The van der Waals surface area contributed by atoms with E-state index in [1.807, 2.05) is 75.4 Å². The van der Waals surface area contributed by atoms with E-state index in [4.69, 9.17) is 0 Å². The second kappa shape index (κ2) is 14.6. The van der Waals surface area contributed by atoms with Gasteiger partial charge in [-0.1, -0.05) is 78.9 Å². The zero-order chi connectivity index (χ0) is 32.6. The number of benzene rings is 4. The van der Waals surface area contributed by atoms with Crippen LogP contribution in [0.15, 0.2) is 114 Å². The van der Waals surface area contributed by atoms with Gasteiger partial charge >= 0.3 is 0 Å². The molecule has 0 saturated carbocycles. The molecule has 10 nitrogen and oxygen atoms in total. The van der Waals surface area contributed by atoms with E-state index in [0.29, 0.717) is 0 Å². The van der Waals surface area contributed by atoms with E-state index in [9.17, 15) is 28.1 Å². The summed E-state index contributed by atoms with van der Waals surface area (Å²) >= 11 is 0. The average molecular weight is 629 g/mol. The number of nitrogens with one attached hydrogen (secondary N) is 1. The molecule has 0 aliphatic rings. The monoisotopic (exact) mass is 628 g/mol. The van der Waals surface area contributed by atoms with E-state index in [2.05, 4.69) is 5.32 Å². The molecular formula is C34H36N4O6S. The number of carbonyl (C=O) groups excluding carboxylic acids is 2. The fourth-order valence-electron chi connectivity index (χ4n) is 4.92. The van der Waals surface area contributed by atoms with Crippen molar-refractivity contribution < 1.29 is 22.9 Å². The minimum absolute atomic E-state index is 0.0304. The number of hydrogen-bond donors (Lipinski definition) is 1. The molecule has 0 bridgehead atoms. The van der Waals surface area contributed by atoms with Gasteiger partial charge in [-0.2, -0.15) is 0 Å². The number of nitro groups is 1. The van der Waals surface area contributed by atoms with Gasteiger partial charge in [0.2, 0.25) is 11.8 Å². The molecule has 0 unspecified atom stereocenters. The van der Waals surface area contributed by atoms with Gasteiger partial charge in [0.25, 0.3) is 15.7 Å². The lowest BCUT2D eigenvalue weighted by atomic mass is 10.0. The van der Waals surface area contributed by atoms with Crippen LogP contribution in [0.2, 0.25) is 0 Å². The molecule has 0 aromatic heterocycles. The Bertz CT molecular complexity index is 1750. The fourth-order valence-corrected chi connectivity index (χ4v) is 6.34. The normalized spacial score (nSPS) is 11.9. The highest BCUT2D eigenvalue weighted by Crippen LogP contribution is 2.28. The van der Waals surface area contributed by atoms with Crippen LogP contribution in [0.3, 0.4) is 0 Å². The first-order valence-corrected chi connectivity index (χ1v) is 15.9. The van der Waals surface area contributed by atoms with Crippen LogP contribution >= 0.6 is 0 Å². The van der Waals surface area contributed by atoms with Crippen molar-refractivity contribution in [3.63, 3.8) is 0 Å². The Morgan fingerprint density at radius 3 is 2.11 bits per heavy atom. The van der Waals surface area contributed by atoms with Crippen LogP contribution in [0.25, 0.3) is 0 Å². The largest absolute Gasteiger partial charge is 0.352 e. The third-order valence-electron chi connectivity index (χ3n) is 7.24. The van der Waals surface area contributed by atoms with Gasteiger partial charge in [-0.05, 0) is 55.7 Å². The topological polar surface area (TPSA) is 130 Å². The number of carbonyl (C=O) groups is 2. The molecule has 45 heavy (non-hydrogen) atoms.